The van der Waals surface area contributed by atoms with E-state index in [1.165, 1.54) is 16.8 Å². The van der Waals surface area contributed by atoms with Crippen molar-refractivity contribution in [2.45, 2.75) is 25.4 Å². The van der Waals surface area contributed by atoms with Crippen molar-refractivity contribution in [2.75, 3.05) is 13.1 Å². The summed E-state index contributed by atoms with van der Waals surface area (Å²) in [5.41, 5.74) is -0.479. The first-order valence-electron chi connectivity index (χ1n) is 8.46. The number of hydrogen-bond acceptors (Lipinski definition) is 4. The quantitative estimate of drug-likeness (QED) is 0.802. The molecule has 136 valence electrons. The second-order valence-corrected chi connectivity index (χ2v) is 6.23. The standard InChI is InChI=1S/C18H20N4O4/c23-15-8-11-22(18(26)20-15)12-16(24)21-9-6-14(7-10-21)19-17(25)13-4-2-1-3-5-13/h1-5,8,11,14H,6-7,9-10,12H2,(H,19,25)(H,20,23,26). The van der Waals surface area contributed by atoms with Crippen molar-refractivity contribution >= 4 is 11.8 Å². The second kappa shape index (κ2) is 7.81. The van der Waals surface area contributed by atoms with Crippen LogP contribution in [0.4, 0.5) is 0 Å². The fourth-order valence-corrected chi connectivity index (χ4v) is 2.95. The molecule has 3 rings (SSSR count). The highest BCUT2D eigenvalue weighted by atomic mass is 16.2. The molecule has 1 aliphatic rings. The molecule has 0 radical (unpaired) electrons. The number of H-pyrrole nitrogens is 1. The minimum atomic E-state index is -0.601. The van der Waals surface area contributed by atoms with E-state index < -0.39 is 11.2 Å². The highest BCUT2D eigenvalue weighted by molar-refractivity contribution is 5.94. The Morgan fingerprint density at radius 1 is 1.08 bits per heavy atom. The van der Waals surface area contributed by atoms with Gasteiger partial charge >= 0.3 is 5.69 Å². The van der Waals surface area contributed by atoms with Crippen LogP contribution >= 0.6 is 0 Å². The van der Waals surface area contributed by atoms with Crippen molar-refractivity contribution < 1.29 is 9.59 Å². The molecule has 0 spiro atoms. The maximum absolute atomic E-state index is 12.3. The number of hydrogen-bond donors (Lipinski definition) is 2. The Kier molecular flexibility index (Phi) is 5.31. The van der Waals surface area contributed by atoms with Gasteiger partial charge in [0.2, 0.25) is 5.91 Å². The average Bonchev–Trinajstić information content (AvgIpc) is 2.65. The number of likely N-dealkylation sites (tertiary alicyclic amines) is 1. The molecule has 8 heteroatoms. The van der Waals surface area contributed by atoms with Gasteiger partial charge in [-0.25, -0.2) is 4.79 Å². The van der Waals surface area contributed by atoms with Gasteiger partial charge in [-0.15, -0.1) is 0 Å². The molecule has 0 aliphatic carbocycles. The molecule has 0 saturated carbocycles. The molecule has 1 fully saturated rings. The molecule has 8 nitrogen and oxygen atoms in total. The first kappa shape index (κ1) is 17.7. The van der Waals surface area contributed by atoms with E-state index in [-0.39, 0.29) is 24.4 Å². The molecule has 1 saturated heterocycles. The first-order valence-corrected chi connectivity index (χ1v) is 8.46. The number of aromatic amines is 1. The van der Waals surface area contributed by atoms with Crippen molar-refractivity contribution in [3.8, 4) is 0 Å². The summed E-state index contributed by atoms with van der Waals surface area (Å²) in [6.45, 7) is 0.907. The van der Waals surface area contributed by atoms with Crippen LogP contribution in [0.25, 0.3) is 0 Å². The van der Waals surface area contributed by atoms with Crippen LogP contribution in [-0.2, 0) is 11.3 Å². The number of benzene rings is 1. The van der Waals surface area contributed by atoms with E-state index in [1.54, 1.807) is 17.0 Å². The summed E-state index contributed by atoms with van der Waals surface area (Å²) in [7, 11) is 0. The number of carbonyl (C=O) groups excluding carboxylic acids is 2. The number of amides is 2. The Balaban J connectivity index is 1.51. The van der Waals surface area contributed by atoms with Gasteiger partial charge in [-0.3, -0.25) is 23.9 Å². The number of aromatic nitrogens is 2. The molecule has 0 bridgehead atoms. The van der Waals surface area contributed by atoms with E-state index in [0.29, 0.717) is 31.5 Å². The summed E-state index contributed by atoms with van der Waals surface area (Å²) in [5.74, 6) is -0.304. The Hall–Kier alpha value is -3.16. The fourth-order valence-electron chi connectivity index (χ4n) is 2.95. The van der Waals surface area contributed by atoms with Crippen LogP contribution in [-0.4, -0.2) is 45.4 Å². The van der Waals surface area contributed by atoms with Crippen molar-refractivity contribution in [1.82, 2.24) is 19.8 Å². The van der Waals surface area contributed by atoms with Gasteiger partial charge in [0.25, 0.3) is 11.5 Å². The third-order valence-electron chi connectivity index (χ3n) is 4.42. The Morgan fingerprint density at radius 3 is 2.42 bits per heavy atom. The number of piperidine rings is 1. The van der Waals surface area contributed by atoms with E-state index in [2.05, 4.69) is 10.3 Å². The smallest absolute Gasteiger partial charge is 0.328 e. The van der Waals surface area contributed by atoms with E-state index in [1.807, 2.05) is 18.2 Å². The maximum Gasteiger partial charge on any atom is 0.328 e. The van der Waals surface area contributed by atoms with Crippen molar-refractivity contribution in [2.24, 2.45) is 0 Å². The lowest BCUT2D eigenvalue weighted by molar-refractivity contribution is -0.133. The van der Waals surface area contributed by atoms with Crippen molar-refractivity contribution in [1.29, 1.82) is 0 Å². The summed E-state index contributed by atoms with van der Waals surface area (Å²) in [5, 5.41) is 2.99. The van der Waals surface area contributed by atoms with Gasteiger partial charge in [0.1, 0.15) is 6.54 Å². The molecule has 0 atom stereocenters. The van der Waals surface area contributed by atoms with Gasteiger partial charge in [-0.2, -0.15) is 0 Å². The Bertz CT molecular complexity index is 895. The molecule has 2 N–H and O–H groups in total. The average molecular weight is 356 g/mol. The SMILES string of the molecule is O=C(NC1CCN(C(=O)Cn2ccc(=O)[nH]c2=O)CC1)c1ccccc1. The fraction of sp³-hybridized carbons (Fsp3) is 0.333. The van der Waals surface area contributed by atoms with E-state index in [9.17, 15) is 19.2 Å². The van der Waals surface area contributed by atoms with Gasteiger partial charge in [-0.05, 0) is 25.0 Å². The zero-order valence-electron chi connectivity index (χ0n) is 14.2. The Morgan fingerprint density at radius 2 is 1.77 bits per heavy atom. The lowest BCUT2D eigenvalue weighted by Gasteiger charge is -2.32. The van der Waals surface area contributed by atoms with Gasteiger partial charge < -0.3 is 10.2 Å². The molecule has 26 heavy (non-hydrogen) atoms. The van der Waals surface area contributed by atoms with Crippen LogP contribution in [0.1, 0.15) is 23.2 Å². The van der Waals surface area contributed by atoms with E-state index in [0.717, 1.165) is 0 Å². The van der Waals surface area contributed by atoms with E-state index >= 15 is 0 Å². The molecule has 2 amide bonds. The normalized spacial score (nSPS) is 14.8. The van der Waals surface area contributed by atoms with Crippen LogP contribution < -0.4 is 16.6 Å². The number of nitrogens with one attached hydrogen (secondary N) is 2. The van der Waals surface area contributed by atoms with Crippen LogP contribution in [0.15, 0.2) is 52.2 Å². The molecule has 2 heterocycles. The highest BCUT2D eigenvalue weighted by Gasteiger charge is 2.24. The molecular formula is C18H20N4O4. The number of nitrogens with zero attached hydrogens (tertiary/aromatic N) is 2. The van der Waals surface area contributed by atoms with Crippen LogP contribution in [0.3, 0.4) is 0 Å². The topological polar surface area (TPSA) is 104 Å². The molecule has 1 aromatic carbocycles. The molecule has 1 aliphatic heterocycles. The van der Waals surface area contributed by atoms with Crippen molar-refractivity contribution in [3.63, 3.8) is 0 Å². The van der Waals surface area contributed by atoms with Crippen LogP contribution in [0.2, 0.25) is 0 Å². The lowest BCUT2D eigenvalue weighted by atomic mass is 10.0. The van der Waals surface area contributed by atoms with Gasteiger partial charge in [0.05, 0.1) is 0 Å². The predicted molar refractivity (Wildman–Crippen MR) is 94.8 cm³/mol. The Labute approximate surface area is 149 Å². The lowest BCUT2D eigenvalue weighted by Crippen LogP contribution is -2.48. The summed E-state index contributed by atoms with van der Waals surface area (Å²) < 4.78 is 1.17. The summed E-state index contributed by atoms with van der Waals surface area (Å²) in [6, 6.07) is 10.2. The van der Waals surface area contributed by atoms with Gasteiger partial charge in [0.15, 0.2) is 0 Å². The second-order valence-electron chi connectivity index (χ2n) is 6.23. The highest BCUT2D eigenvalue weighted by Crippen LogP contribution is 2.12. The summed E-state index contributed by atoms with van der Waals surface area (Å²) in [6.07, 6.45) is 2.63. The van der Waals surface area contributed by atoms with Crippen LogP contribution in [0.5, 0.6) is 0 Å². The maximum atomic E-state index is 12.3. The predicted octanol–water partition coefficient (Wildman–Crippen LogP) is -0.0424. The third kappa shape index (κ3) is 4.27. The summed E-state index contributed by atoms with van der Waals surface area (Å²) >= 11 is 0. The van der Waals surface area contributed by atoms with Crippen molar-refractivity contribution in [3.05, 3.63) is 69.0 Å². The zero-order chi connectivity index (χ0) is 18.5. The van der Waals surface area contributed by atoms with Crippen LogP contribution in [0, 0.1) is 0 Å². The van der Waals surface area contributed by atoms with Gasteiger partial charge in [0, 0.05) is 37.0 Å². The zero-order valence-corrected chi connectivity index (χ0v) is 14.2. The molecule has 2 aromatic rings. The largest absolute Gasteiger partial charge is 0.349 e. The first-order chi connectivity index (χ1) is 12.5. The minimum absolute atomic E-state index is 0.0163. The number of carbonyl (C=O) groups is 2. The van der Waals surface area contributed by atoms with Gasteiger partial charge in [-0.1, -0.05) is 18.2 Å². The monoisotopic (exact) mass is 356 g/mol. The van der Waals surface area contributed by atoms with E-state index in [4.69, 9.17) is 0 Å². The third-order valence-corrected chi connectivity index (χ3v) is 4.42. The number of rotatable bonds is 4. The molecular weight excluding hydrogens is 336 g/mol. The summed E-state index contributed by atoms with van der Waals surface area (Å²) in [4.78, 5) is 51.0. The molecule has 1 aromatic heterocycles. The molecule has 0 unspecified atom stereocenters. The minimum Gasteiger partial charge on any atom is -0.349 e.